The van der Waals surface area contributed by atoms with E-state index in [1.807, 2.05) is 6.07 Å². The molecular formula is C12H17F2NS. The third kappa shape index (κ3) is 3.52. The smallest absolute Gasteiger partial charge is 0.248 e. The van der Waals surface area contributed by atoms with Crippen LogP contribution in [-0.4, -0.2) is 12.5 Å². The molecule has 0 aromatic carbocycles. The van der Waals surface area contributed by atoms with Gasteiger partial charge in [0.2, 0.25) is 5.92 Å². The van der Waals surface area contributed by atoms with Crippen molar-refractivity contribution >= 4 is 11.3 Å². The Bertz CT molecular complexity index is 301. The van der Waals surface area contributed by atoms with Gasteiger partial charge in [0, 0.05) is 24.3 Å². The molecule has 1 aliphatic carbocycles. The standard InChI is InChI=1S/C12H17F2NS/c13-12(14)5-3-10(4-6-12)8-15-9-11-2-1-7-16-11/h1-2,7,10,15H,3-6,8-9H2. The van der Waals surface area contributed by atoms with Crippen LogP contribution in [0.2, 0.25) is 0 Å². The van der Waals surface area contributed by atoms with Gasteiger partial charge >= 0.3 is 0 Å². The third-order valence-electron chi connectivity index (χ3n) is 3.15. The lowest BCUT2D eigenvalue weighted by Crippen LogP contribution is -2.30. The number of thiophene rings is 1. The molecular weight excluding hydrogens is 228 g/mol. The second-order valence-corrected chi connectivity index (χ2v) is 5.54. The Balaban J connectivity index is 1.64. The summed E-state index contributed by atoms with van der Waals surface area (Å²) in [5, 5.41) is 5.40. The molecule has 0 aliphatic heterocycles. The van der Waals surface area contributed by atoms with Gasteiger partial charge in [-0.2, -0.15) is 0 Å². The highest BCUT2D eigenvalue weighted by atomic mass is 32.1. The Kier molecular flexibility index (Phi) is 3.92. The van der Waals surface area contributed by atoms with Gasteiger partial charge in [0.15, 0.2) is 0 Å². The van der Waals surface area contributed by atoms with E-state index in [2.05, 4.69) is 16.8 Å². The lowest BCUT2D eigenvalue weighted by atomic mass is 9.87. The fourth-order valence-corrected chi connectivity index (χ4v) is 2.79. The first-order chi connectivity index (χ1) is 7.66. The molecule has 1 heterocycles. The highest BCUT2D eigenvalue weighted by Crippen LogP contribution is 2.35. The van der Waals surface area contributed by atoms with Crippen LogP contribution in [0.5, 0.6) is 0 Å². The summed E-state index contributed by atoms with van der Waals surface area (Å²) in [4.78, 5) is 1.31. The molecule has 0 saturated heterocycles. The molecule has 4 heteroatoms. The van der Waals surface area contributed by atoms with Crippen LogP contribution in [0.3, 0.4) is 0 Å². The van der Waals surface area contributed by atoms with Crippen molar-refractivity contribution in [2.75, 3.05) is 6.54 Å². The molecule has 0 unspecified atom stereocenters. The number of alkyl halides is 2. The van der Waals surface area contributed by atoms with Crippen LogP contribution in [0, 0.1) is 5.92 Å². The topological polar surface area (TPSA) is 12.0 Å². The quantitative estimate of drug-likeness (QED) is 0.853. The van der Waals surface area contributed by atoms with Crippen LogP contribution in [-0.2, 0) is 6.54 Å². The first-order valence-corrected chi connectivity index (χ1v) is 6.65. The lowest BCUT2D eigenvalue weighted by molar-refractivity contribution is -0.0454. The third-order valence-corrected chi connectivity index (χ3v) is 4.03. The Morgan fingerprint density at radius 2 is 2.12 bits per heavy atom. The maximum absolute atomic E-state index is 12.9. The number of nitrogens with one attached hydrogen (secondary N) is 1. The molecule has 1 aromatic heterocycles. The first kappa shape index (κ1) is 12.0. The maximum atomic E-state index is 12.9. The minimum atomic E-state index is -2.40. The van der Waals surface area contributed by atoms with Crippen molar-refractivity contribution in [3.8, 4) is 0 Å². The number of hydrogen-bond donors (Lipinski definition) is 1. The maximum Gasteiger partial charge on any atom is 0.248 e. The molecule has 1 saturated carbocycles. The molecule has 0 bridgehead atoms. The summed E-state index contributed by atoms with van der Waals surface area (Å²) >= 11 is 1.73. The van der Waals surface area contributed by atoms with Crippen LogP contribution in [0.4, 0.5) is 8.78 Å². The second-order valence-electron chi connectivity index (χ2n) is 4.51. The van der Waals surface area contributed by atoms with Crippen molar-refractivity contribution in [1.82, 2.24) is 5.32 Å². The van der Waals surface area contributed by atoms with Crippen molar-refractivity contribution < 1.29 is 8.78 Å². The zero-order valence-corrected chi connectivity index (χ0v) is 10.0. The zero-order valence-electron chi connectivity index (χ0n) is 9.22. The highest BCUT2D eigenvalue weighted by Gasteiger charge is 2.34. The van der Waals surface area contributed by atoms with Gasteiger partial charge in [0.1, 0.15) is 0 Å². The van der Waals surface area contributed by atoms with Gasteiger partial charge in [0.25, 0.3) is 0 Å². The molecule has 1 fully saturated rings. The summed E-state index contributed by atoms with van der Waals surface area (Å²) in [6, 6.07) is 4.12. The SMILES string of the molecule is FC1(F)CCC(CNCc2cccs2)CC1. The minimum absolute atomic E-state index is 0.0678. The van der Waals surface area contributed by atoms with Gasteiger partial charge in [-0.1, -0.05) is 6.07 Å². The van der Waals surface area contributed by atoms with Crippen molar-refractivity contribution in [3.63, 3.8) is 0 Å². The van der Waals surface area contributed by atoms with Gasteiger partial charge < -0.3 is 5.32 Å². The van der Waals surface area contributed by atoms with Crippen molar-refractivity contribution in [3.05, 3.63) is 22.4 Å². The normalized spacial score (nSPS) is 21.1. The highest BCUT2D eigenvalue weighted by molar-refractivity contribution is 7.09. The van der Waals surface area contributed by atoms with E-state index in [-0.39, 0.29) is 12.8 Å². The van der Waals surface area contributed by atoms with E-state index in [1.54, 1.807) is 11.3 Å². The van der Waals surface area contributed by atoms with Gasteiger partial charge in [-0.15, -0.1) is 11.3 Å². The molecule has 1 aromatic rings. The number of hydrogen-bond acceptors (Lipinski definition) is 2. The Labute approximate surface area is 98.9 Å². The van der Waals surface area contributed by atoms with Crippen LogP contribution in [0.1, 0.15) is 30.6 Å². The summed E-state index contributed by atoms with van der Waals surface area (Å²) in [5.74, 6) is -1.97. The van der Waals surface area contributed by atoms with E-state index in [9.17, 15) is 8.78 Å². The molecule has 1 aliphatic rings. The lowest BCUT2D eigenvalue weighted by Gasteiger charge is -2.28. The predicted molar refractivity (Wildman–Crippen MR) is 62.9 cm³/mol. The molecule has 1 N–H and O–H groups in total. The molecule has 0 atom stereocenters. The van der Waals surface area contributed by atoms with Gasteiger partial charge in [0.05, 0.1) is 0 Å². The predicted octanol–water partition coefficient (Wildman–Crippen LogP) is 3.66. The van der Waals surface area contributed by atoms with Crippen LogP contribution >= 0.6 is 11.3 Å². The van der Waals surface area contributed by atoms with Crippen molar-refractivity contribution in [2.45, 2.75) is 38.2 Å². The largest absolute Gasteiger partial charge is 0.312 e. The molecule has 16 heavy (non-hydrogen) atoms. The molecule has 0 radical (unpaired) electrons. The number of rotatable bonds is 4. The fraction of sp³-hybridized carbons (Fsp3) is 0.667. The molecule has 2 rings (SSSR count). The Hall–Kier alpha value is -0.480. The Morgan fingerprint density at radius 1 is 1.38 bits per heavy atom. The molecule has 0 spiro atoms. The number of halogens is 2. The molecule has 1 nitrogen and oxygen atoms in total. The van der Waals surface area contributed by atoms with E-state index in [4.69, 9.17) is 0 Å². The van der Waals surface area contributed by atoms with Gasteiger partial charge in [-0.05, 0) is 36.8 Å². The van der Waals surface area contributed by atoms with E-state index in [1.165, 1.54) is 4.88 Å². The summed E-state index contributed by atoms with van der Waals surface area (Å²) in [6.45, 7) is 1.73. The summed E-state index contributed by atoms with van der Waals surface area (Å²) in [7, 11) is 0. The van der Waals surface area contributed by atoms with Crippen molar-refractivity contribution in [1.29, 1.82) is 0 Å². The van der Waals surface area contributed by atoms with E-state index in [0.29, 0.717) is 18.8 Å². The monoisotopic (exact) mass is 245 g/mol. The van der Waals surface area contributed by atoms with E-state index >= 15 is 0 Å². The second kappa shape index (κ2) is 5.23. The first-order valence-electron chi connectivity index (χ1n) is 5.77. The van der Waals surface area contributed by atoms with Crippen LogP contribution < -0.4 is 5.32 Å². The molecule has 0 amide bonds. The van der Waals surface area contributed by atoms with E-state index in [0.717, 1.165) is 13.1 Å². The Morgan fingerprint density at radius 3 is 2.75 bits per heavy atom. The van der Waals surface area contributed by atoms with Crippen molar-refractivity contribution in [2.24, 2.45) is 5.92 Å². The molecule has 90 valence electrons. The van der Waals surface area contributed by atoms with Gasteiger partial charge in [-0.3, -0.25) is 0 Å². The summed E-state index contributed by atoms with van der Waals surface area (Å²) in [6.07, 6.45) is 1.45. The fourth-order valence-electron chi connectivity index (χ4n) is 2.12. The minimum Gasteiger partial charge on any atom is -0.312 e. The average Bonchev–Trinajstić information content (AvgIpc) is 2.73. The van der Waals surface area contributed by atoms with Crippen LogP contribution in [0.25, 0.3) is 0 Å². The zero-order chi connectivity index (χ0) is 11.4. The summed E-state index contributed by atoms with van der Waals surface area (Å²) in [5.41, 5.74) is 0. The van der Waals surface area contributed by atoms with E-state index < -0.39 is 5.92 Å². The van der Waals surface area contributed by atoms with Gasteiger partial charge in [-0.25, -0.2) is 8.78 Å². The summed E-state index contributed by atoms with van der Waals surface area (Å²) < 4.78 is 25.8. The van der Waals surface area contributed by atoms with Crippen LogP contribution in [0.15, 0.2) is 17.5 Å². The average molecular weight is 245 g/mol.